The van der Waals surface area contributed by atoms with Crippen molar-refractivity contribution in [2.75, 3.05) is 19.6 Å². The molecule has 80 valence electrons. The molecule has 0 amide bonds. The van der Waals surface area contributed by atoms with Crippen molar-refractivity contribution in [3.8, 4) is 0 Å². The van der Waals surface area contributed by atoms with E-state index in [0.717, 1.165) is 25.1 Å². The minimum absolute atomic E-state index is 0.0771. The molecule has 0 spiro atoms. The van der Waals surface area contributed by atoms with E-state index in [1.165, 1.54) is 11.6 Å². The summed E-state index contributed by atoms with van der Waals surface area (Å²) in [6.45, 7) is 2.42. The number of rotatable bonds is 2. The third-order valence-electron chi connectivity index (χ3n) is 2.58. The summed E-state index contributed by atoms with van der Waals surface area (Å²) >= 11 is 0. The molecule has 15 heavy (non-hydrogen) atoms. The van der Waals surface area contributed by atoms with Crippen LogP contribution in [0.2, 0.25) is 0 Å². The predicted octanol–water partition coefficient (Wildman–Crippen LogP) is 0.554. The molecule has 0 fully saturated rings. The van der Waals surface area contributed by atoms with Gasteiger partial charge in [-0.15, -0.1) is 0 Å². The molecule has 2 rings (SSSR count). The van der Waals surface area contributed by atoms with Crippen molar-refractivity contribution in [3.63, 3.8) is 0 Å². The Hall–Kier alpha value is -1.62. The molecule has 2 N–H and O–H groups in total. The van der Waals surface area contributed by atoms with Gasteiger partial charge < -0.3 is 15.4 Å². The summed E-state index contributed by atoms with van der Waals surface area (Å²) in [7, 11) is 0. The van der Waals surface area contributed by atoms with E-state index in [-0.39, 0.29) is 5.82 Å². The third-order valence-corrected chi connectivity index (χ3v) is 2.58. The molecule has 0 bridgehead atoms. The van der Waals surface area contributed by atoms with Crippen LogP contribution in [0.1, 0.15) is 6.42 Å². The number of hydrogen-bond donors (Lipinski definition) is 2. The van der Waals surface area contributed by atoms with Crippen LogP contribution >= 0.6 is 0 Å². The summed E-state index contributed by atoms with van der Waals surface area (Å²) < 4.78 is 0. The highest BCUT2D eigenvalue weighted by molar-refractivity contribution is 5.38. The molecule has 5 nitrogen and oxygen atoms in total. The molecule has 0 aromatic heterocycles. The Bertz CT molecular complexity index is 369. The predicted molar refractivity (Wildman–Crippen MR) is 56.7 cm³/mol. The Morgan fingerprint density at radius 2 is 2.20 bits per heavy atom. The molecule has 2 aliphatic rings. The summed E-state index contributed by atoms with van der Waals surface area (Å²) in [6.07, 6.45) is 6.50. The number of allylic oxidation sites excluding steroid dienone is 2. The van der Waals surface area contributed by atoms with E-state index >= 15 is 0 Å². The lowest BCUT2D eigenvalue weighted by Crippen LogP contribution is -2.27. The zero-order valence-corrected chi connectivity index (χ0v) is 8.32. The van der Waals surface area contributed by atoms with E-state index in [1.54, 1.807) is 0 Å². The van der Waals surface area contributed by atoms with Crippen LogP contribution in [0.3, 0.4) is 0 Å². The Morgan fingerprint density at radius 3 is 2.73 bits per heavy atom. The van der Waals surface area contributed by atoms with E-state index in [2.05, 4.69) is 16.7 Å². The maximum absolute atomic E-state index is 10.5. The van der Waals surface area contributed by atoms with Crippen LogP contribution in [0.15, 0.2) is 35.2 Å². The standard InChI is InChI=1S/C10H13N3O2/c14-13(15)10-2-1-9(7-12-10)8-3-5-11-6-4-8/h1-3,11-12H,4-7H2. The number of nitrogens with one attached hydrogen (secondary N) is 2. The van der Waals surface area contributed by atoms with Crippen LogP contribution in [-0.2, 0) is 0 Å². The maximum Gasteiger partial charge on any atom is 0.316 e. The first-order chi connectivity index (χ1) is 7.27. The summed E-state index contributed by atoms with van der Waals surface area (Å²) in [5, 5.41) is 16.5. The zero-order valence-electron chi connectivity index (χ0n) is 8.32. The van der Waals surface area contributed by atoms with E-state index < -0.39 is 4.92 Å². The molecular weight excluding hydrogens is 194 g/mol. The average molecular weight is 207 g/mol. The quantitative estimate of drug-likeness (QED) is 0.512. The molecular formula is C10H13N3O2. The molecule has 0 aromatic rings. The fourth-order valence-electron chi connectivity index (χ4n) is 1.74. The lowest BCUT2D eigenvalue weighted by molar-refractivity contribution is -0.431. The van der Waals surface area contributed by atoms with E-state index in [9.17, 15) is 10.1 Å². The van der Waals surface area contributed by atoms with Crippen LogP contribution in [0.4, 0.5) is 0 Å². The summed E-state index contributed by atoms with van der Waals surface area (Å²) in [6, 6.07) is 0. The van der Waals surface area contributed by atoms with Crippen molar-refractivity contribution < 1.29 is 4.92 Å². The number of nitro groups is 1. The molecule has 5 heteroatoms. The number of dihydropyridines is 1. The van der Waals surface area contributed by atoms with Gasteiger partial charge in [0.1, 0.15) is 6.54 Å². The van der Waals surface area contributed by atoms with Gasteiger partial charge in [0, 0.05) is 12.6 Å². The van der Waals surface area contributed by atoms with Gasteiger partial charge in [0.2, 0.25) is 0 Å². The van der Waals surface area contributed by atoms with Gasteiger partial charge in [0.25, 0.3) is 0 Å². The van der Waals surface area contributed by atoms with Crippen molar-refractivity contribution >= 4 is 0 Å². The molecule has 0 atom stereocenters. The number of nitrogens with zero attached hydrogens (tertiary/aromatic N) is 1. The first kappa shape index (κ1) is 9.92. The summed E-state index contributed by atoms with van der Waals surface area (Å²) in [4.78, 5) is 10.1. The minimum Gasteiger partial charge on any atom is -0.358 e. The second-order valence-electron chi connectivity index (χ2n) is 3.54. The normalized spacial score (nSPS) is 20.9. The van der Waals surface area contributed by atoms with Gasteiger partial charge in [-0.2, -0.15) is 0 Å². The summed E-state index contributed by atoms with van der Waals surface area (Å²) in [5.74, 6) is 0.0771. The molecule has 0 saturated heterocycles. The molecule has 0 aliphatic carbocycles. The molecule has 2 heterocycles. The van der Waals surface area contributed by atoms with Crippen LogP contribution in [0.25, 0.3) is 0 Å². The molecule has 0 saturated carbocycles. The first-order valence-corrected chi connectivity index (χ1v) is 4.96. The molecule has 0 aromatic carbocycles. The van der Waals surface area contributed by atoms with Crippen LogP contribution < -0.4 is 10.6 Å². The van der Waals surface area contributed by atoms with Gasteiger partial charge >= 0.3 is 5.82 Å². The van der Waals surface area contributed by atoms with Crippen molar-refractivity contribution in [2.24, 2.45) is 0 Å². The maximum atomic E-state index is 10.5. The van der Waals surface area contributed by atoms with Gasteiger partial charge in [-0.05, 0) is 35.1 Å². The monoisotopic (exact) mass is 207 g/mol. The number of hydrogen-bond acceptors (Lipinski definition) is 4. The average Bonchev–Trinajstić information content (AvgIpc) is 2.30. The second kappa shape index (κ2) is 4.27. The van der Waals surface area contributed by atoms with Crippen LogP contribution in [0, 0.1) is 10.1 Å². The third kappa shape index (κ3) is 2.24. The SMILES string of the molecule is O=[N+]([O-])C1=CC=C(C2=CCNCC2)CN1. The van der Waals surface area contributed by atoms with E-state index in [0.29, 0.717) is 6.54 Å². The van der Waals surface area contributed by atoms with Crippen molar-refractivity contribution in [2.45, 2.75) is 6.42 Å². The molecule has 0 unspecified atom stereocenters. The van der Waals surface area contributed by atoms with Gasteiger partial charge in [-0.25, -0.2) is 0 Å². The fourth-order valence-corrected chi connectivity index (χ4v) is 1.74. The minimum atomic E-state index is -0.399. The lowest BCUT2D eigenvalue weighted by Gasteiger charge is -2.18. The van der Waals surface area contributed by atoms with Gasteiger partial charge in [-0.1, -0.05) is 6.08 Å². The Labute approximate surface area is 87.7 Å². The Morgan fingerprint density at radius 1 is 1.33 bits per heavy atom. The lowest BCUT2D eigenvalue weighted by atomic mass is 9.98. The highest BCUT2D eigenvalue weighted by Crippen LogP contribution is 2.18. The smallest absolute Gasteiger partial charge is 0.316 e. The Balaban J connectivity index is 2.12. The Kier molecular flexibility index (Phi) is 2.82. The zero-order chi connectivity index (χ0) is 10.7. The summed E-state index contributed by atoms with van der Waals surface area (Å²) in [5.41, 5.74) is 2.45. The van der Waals surface area contributed by atoms with Crippen LogP contribution in [-0.4, -0.2) is 24.6 Å². The van der Waals surface area contributed by atoms with Crippen molar-refractivity contribution in [1.82, 2.24) is 10.6 Å². The fraction of sp³-hybridized carbons (Fsp3) is 0.400. The van der Waals surface area contributed by atoms with Crippen molar-refractivity contribution in [3.05, 3.63) is 45.3 Å². The highest BCUT2D eigenvalue weighted by Gasteiger charge is 2.16. The van der Waals surface area contributed by atoms with Crippen LogP contribution in [0.5, 0.6) is 0 Å². The van der Waals surface area contributed by atoms with Gasteiger partial charge in [-0.3, -0.25) is 5.32 Å². The van der Waals surface area contributed by atoms with E-state index in [4.69, 9.17) is 0 Å². The highest BCUT2D eigenvalue weighted by atomic mass is 16.6. The topological polar surface area (TPSA) is 67.2 Å². The van der Waals surface area contributed by atoms with Gasteiger partial charge in [0.05, 0.1) is 0 Å². The molecule has 2 aliphatic heterocycles. The van der Waals surface area contributed by atoms with Crippen molar-refractivity contribution in [1.29, 1.82) is 0 Å². The van der Waals surface area contributed by atoms with E-state index in [1.807, 2.05) is 6.08 Å². The van der Waals surface area contributed by atoms with Gasteiger partial charge in [0.15, 0.2) is 0 Å². The largest absolute Gasteiger partial charge is 0.358 e. The molecule has 0 radical (unpaired) electrons. The second-order valence-corrected chi connectivity index (χ2v) is 3.54. The first-order valence-electron chi connectivity index (χ1n) is 4.96.